The van der Waals surface area contributed by atoms with Gasteiger partial charge in [0.25, 0.3) is 5.91 Å². The topological polar surface area (TPSA) is 45.8 Å². The van der Waals surface area contributed by atoms with Gasteiger partial charge in [0.15, 0.2) is 5.17 Å². The lowest BCUT2D eigenvalue weighted by atomic mass is 10.2. The van der Waals surface area contributed by atoms with Crippen LogP contribution in [0.5, 0.6) is 0 Å². The summed E-state index contributed by atoms with van der Waals surface area (Å²) >= 11 is 13.5. The average Bonchev–Trinajstić information content (AvgIpc) is 3.46. The molecular formula is C28H20Cl2N2O2S. The molecule has 0 unspecified atom stereocenters. The smallest absolute Gasteiger partial charge is 0.267 e. The standard InChI is InChI=1S/C28H20Cl2N2O2S/c29-23-13-11-21(15-24(23)30)25-14-12-22(34-25)16-26-27(33)32(18-20-9-5-2-6-10-20)28(35-26)31-17-19-7-3-1-4-8-19/h1-16H,17-18H2/b26-16-,31-28?. The highest BCUT2D eigenvalue weighted by molar-refractivity contribution is 8.18. The second-order valence-corrected chi connectivity index (χ2v) is 9.73. The highest BCUT2D eigenvalue weighted by atomic mass is 35.5. The molecule has 0 radical (unpaired) electrons. The van der Waals surface area contributed by atoms with Gasteiger partial charge in [0, 0.05) is 11.6 Å². The molecule has 1 saturated heterocycles. The minimum atomic E-state index is -0.0989. The summed E-state index contributed by atoms with van der Waals surface area (Å²) in [6, 6.07) is 28.9. The van der Waals surface area contributed by atoms with Gasteiger partial charge < -0.3 is 4.42 Å². The highest BCUT2D eigenvalue weighted by Gasteiger charge is 2.33. The molecule has 5 rings (SSSR count). The number of hydrogen-bond donors (Lipinski definition) is 0. The van der Waals surface area contributed by atoms with Crippen molar-refractivity contribution >= 4 is 52.1 Å². The van der Waals surface area contributed by atoms with E-state index in [1.54, 1.807) is 23.1 Å². The molecule has 0 bridgehead atoms. The molecule has 2 heterocycles. The minimum Gasteiger partial charge on any atom is -0.457 e. The van der Waals surface area contributed by atoms with E-state index in [-0.39, 0.29) is 5.91 Å². The quantitative estimate of drug-likeness (QED) is 0.243. The monoisotopic (exact) mass is 518 g/mol. The first-order valence-corrected chi connectivity index (χ1v) is 12.5. The van der Waals surface area contributed by atoms with Crippen molar-refractivity contribution in [3.8, 4) is 11.3 Å². The zero-order chi connectivity index (χ0) is 24.2. The molecular weight excluding hydrogens is 499 g/mol. The molecule has 1 aromatic heterocycles. The minimum absolute atomic E-state index is 0.0989. The number of amides is 1. The Bertz CT molecular complexity index is 1420. The van der Waals surface area contributed by atoms with E-state index in [0.717, 1.165) is 16.7 Å². The maximum atomic E-state index is 13.4. The Labute approximate surface area is 217 Å². The van der Waals surface area contributed by atoms with E-state index in [9.17, 15) is 4.79 Å². The number of carbonyl (C=O) groups is 1. The van der Waals surface area contributed by atoms with E-state index in [1.807, 2.05) is 78.9 Å². The second-order valence-electron chi connectivity index (χ2n) is 7.90. The van der Waals surface area contributed by atoms with Gasteiger partial charge in [0.05, 0.1) is 28.0 Å². The Morgan fingerprint density at radius 3 is 2.29 bits per heavy atom. The average molecular weight is 519 g/mol. The Kier molecular flexibility index (Phi) is 7.09. The molecule has 0 N–H and O–H groups in total. The lowest BCUT2D eigenvalue weighted by molar-refractivity contribution is -0.122. The molecule has 1 amide bonds. The summed E-state index contributed by atoms with van der Waals surface area (Å²) < 4.78 is 5.99. The van der Waals surface area contributed by atoms with Gasteiger partial charge in [-0.15, -0.1) is 0 Å². The summed E-state index contributed by atoms with van der Waals surface area (Å²) in [7, 11) is 0. The van der Waals surface area contributed by atoms with Gasteiger partial charge in [0.1, 0.15) is 11.5 Å². The van der Waals surface area contributed by atoms with Crippen molar-refractivity contribution in [3.63, 3.8) is 0 Å². The Morgan fingerprint density at radius 1 is 0.857 bits per heavy atom. The number of hydrogen-bond acceptors (Lipinski definition) is 4. The summed E-state index contributed by atoms with van der Waals surface area (Å²) in [5.74, 6) is 1.12. The molecule has 1 fully saturated rings. The van der Waals surface area contributed by atoms with Crippen molar-refractivity contribution in [1.82, 2.24) is 4.90 Å². The largest absolute Gasteiger partial charge is 0.457 e. The maximum Gasteiger partial charge on any atom is 0.267 e. The number of furan rings is 1. The van der Waals surface area contributed by atoms with Gasteiger partial charge in [-0.2, -0.15) is 0 Å². The number of nitrogens with zero attached hydrogens (tertiary/aromatic N) is 2. The number of carbonyl (C=O) groups excluding carboxylic acids is 1. The maximum absolute atomic E-state index is 13.4. The fraction of sp³-hybridized carbons (Fsp3) is 0.0714. The zero-order valence-electron chi connectivity index (χ0n) is 18.5. The van der Waals surface area contributed by atoms with Crippen LogP contribution in [0.3, 0.4) is 0 Å². The predicted octanol–water partition coefficient (Wildman–Crippen LogP) is 7.93. The molecule has 0 saturated carbocycles. The van der Waals surface area contributed by atoms with Crippen LogP contribution in [-0.4, -0.2) is 16.0 Å². The third-order valence-corrected chi connectivity index (χ3v) is 7.20. The van der Waals surface area contributed by atoms with Crippen LogP contribution in [0, 0.1) is 0 Å². The predicted molar refractivity (Wildman–Crippen MR) is 144 cm³/mol. The van der Waals surface area contributed by atoms with E-state index in [2.05, 4.69) is 0 Å². The van der Waals surface area contributed by atoms with Crippen molar-refractivity contribution in [3.05, 3.63) is 123 Å². The van der Waals surface area contributed by atoms with Crippen LogP contribution in [0.15, 0.2) is 105 Å². The van der Waals surface area contributed by atoms with Crippen LogP contribution in [0.2, 0.25) is 10.0 Å². The summed E-state index contributed by atoms with van der Waals surface area (Å²) in [5.41, 5.74) is 2.93. The van der Waals surface area contributed by atoms with Gasteiger partial charge in [-0.25, -0.2) is 0 Å². The summed E-state index contributed by atoms with van der Waals surface area (Å²) in [6.07, 6.45) is 1.76. The second kappa shape index (κ2) is 10.6. The van der Waals surface area contributed by atoms with Crippen molar-refractivity contribution in [2.45, 2.75) is 13.1 Å². The van der Waals surface area contributed by atoms with Crippen molar-refractivity contribution in [2.75, 3.05) is 0 Å². The van der Waals surface area contributed by atoms with Crippen molar-refractivity contribution < 1.29 is 9.21 Å². The SMILES string of the molecule is O=C1/C(=C/c2ccc(-c3ccc(Cl)c(Cl)c3)o2)SC(=NCc2ccccc2)N1Cc1ccccc1. The fourth-order valence-electron chi connectivity index (χ4n) is 3.64. The summed E-state index contributed by atoms with van der Waals surface area (Å²) in [5, 5.41) is 1.61. The third-order valence-electron chi connectivity index (χ3n) is 5.42. The molecule has 0 aliphatic carbocycles. The Morgan fingerprint density at radius 2 is 1.57 bits per heavy atom. The third kappa shape index (κ3) is 5.54. The molecule has 174 valence electrons. The first-order chi connectivity index (χ1) is 17.1. The van der Waals surface area contributed by atoms with Crippen LogP contribution in [0.4, 0.5) is 0 Å². The molecule has 1 aliphatic rings. The lowest BCUT2D eigenvalue weighted by Crippen LogP contribution is -2.28. The van der Waals surface area contributed by atoms with E-state index >= 15 is 0 Å². The first-order valence-electron chi connectivity index (χ1n) is 11.0. The number of benzene rings is 3. The highest BCUT2D eigenvalue weighted by Crippen LogP contribution is 2.35. The number of halogens is 2. The van der Waals surface area contributed by atoms with E-state index in [4.69, 9.17) is 32.6 Å². The number of amidine groups is 1. The van der Waals surface area contributed by atoms with E-state index in [0.29, 0.717) is 44.7 Å². The van der Waals surface area contributed by atoms with E-state index < -0.39 is 0 Å². The fourth-order valence-corrected chi connectivity index (χ4v) is 4.89. The molecule has 4 aromatic rings. The first kappa shape index (κ1) is 23.5. The number of thioether (sulfide) groups is 1. The molecule has 4 nitrogen and oxygen atoms in total. The van der Waals surface area contributed by atoms with Crippen molar-refractivity contribution in [1.29, 1.82) is 0 Å². The van der Waals surface area contributed by atoms with Gasteiger partial charge in [-0.1, -0.05) is 83.9 Å². The van der Waals surface area contributed by atoms with Crippen LogP contribution in [0.25, 0.3) is 17.4 Å². The summed E-state index contributed by atoms with van der Waals surface area (Å²) in [6.45, 7) is 0.946. The number of rotatable bonds is 6. The van der Waals surface area contributed by atoms with Gasteiger partial charge in [-0.05, 0) is 53.2 Å². The summed E-state index contributed by atoms with van der Waals surface area (Å²) in [4.78, 5) is 20.4. The van der Waals surface area contributed by atoms with Crippen LogP contribution >= 0.6 is 35.0 Å². The normalized spacial score (nSPS) is 15.9. The van der Waals surface area contributed by atoms with Crippen LogP contribution in [0.1, 0.15) is 16.9 Å². The van der Waals surface area contributed by atoms with Gasteiger partial charge in [-0.3, -0.25) is 14.7 Å². The Hall–Kier alpha value is -3.25. The molecule has 0 atom stereocenters. The lowest BCUT2D eigenvalue weighted by Gasteiger charge is -2.15. The van der Waals surface area contributed by atoms with Crippen LogP contribution in [-0.2, 0) is 17.9 Å². The van der Waals surface area contributed by atoms with Gasteiger partial charge >= 0.3 is 0 Å². The molecule has 1 aliphatic heterocycles. The van der Waals surface area contributed by atoms with Crippen molar-refractivity contribution in [2.24, 2.45) is 4.99 Å². The molecule has 0 spiro atoms. The molecule has 3 aromatic carbocycles. The Balaban J connectivity index is 1.42. The molecule has 35 heavy (non-hydrogen) atoms. The van der Waals surface area contributed by atoms with Gasteiger partial charge in [0.2, 0.25) is 0 Å². The van der Waals surface area contributed by atoms with Crippen LogP contribution < -0.4 is 0 Å². The molecule has 7 heteroatoms. The number of aliphatic imine (C=N–C) groups is 1. The zero-order valence-corrected chi connectivity index (χ0v) is 20.9. The van der Waals surface area contributed by atoms with E-state index in [1.165, 1.54) is 11.8 Å².